The molecule has 1 aliphatic carbocycles. The fourth-order valence-corrected chi connectivity index (χ4v) is 3.46. The minimum atomic E-state index is -3.66. The third kappa shape index (κ3) is 3.78. The summed E-state index contributed by atoms with van der Waals surface area (Å²) in [5.41, 5.74) is 1.02. The van der Waals surface area contributed by atoms with Crippen molar-refractivity contribution in [3.8, 4) is 0 Å². The summed E-state index contributed by atoms with van der Waals surface area (Å²) in [5.74, 6) is 0. The molecule has 1 aliphatic rings. The van der Waals surface area contributed by atoms with Crippen LogP contribution in [0.1, 0.15) is 31.2 Å². The molecule has 0 N–H and O–H groups in total. The standard InChI is InChI=1S/C14H20O4S/c1-11-6-8-14(9-7-11)19(15,16)18-13-5-3-4-12(10-13)17-2/h6-9,12-13H,3-5,10H2,1-2H3. The molecule has 0 aromatic heterocycles. The minimum Gasteiger partial charge on any atom is -0.381 e. The van der Waals surface area contributed by atoms with Crippen LogP contribution in [0.2, 0.25) is 0 Å². The van der Waals surface area contributed by atoms with Gasteiger partial charge in [0.05, 0.1) is 17.1 Å². The van der Waals surface area contributed by atoms with Crippen LogP contribution in [0.3, 0.4) is 0 Å². The van der Waals surface area contributed by atoms with Crippen molar-refractivity contribution < 1.29 is 17.3 Å². The van der Waals surface area contributed by atoms with E-state index >= 15 is 0 Å². The molecule has 1 fully saturated rings. The number of ether oxygens (including phenoxy) is 1. The molecular weight excluding hydrogens is 264 g/mol. The maximum atomic E-state index is 12.1. The summed E-state index contributed by atoms with van der Waals surface area (Å²) < 4.78 is 34.9. The van der Waals surface area contributed by atoms with E-state index in [-0.39, 0.29) is 17.1 Å². The summed E-state index contributed by atoms with van der Waals surface area (Å²) in [7, 11) is -2.01. The highest BCUT2D eigenvalue weighted by Crippen LogP contribution is 2.26. The van der Waals surface area contributed by atoms with Crippen molar-refractivity contribution >= 4 is 10.1 Å². The van der Waals surface area contributed by atoms with Gasteiger partial charge in [-0.15, -0.1) is 0 Å². The second-order valence-electron chi connectivity index (χ2n) is 5.01. The van der Waals surface area contributed by atoms with E-state index in [2.05, 4.69) is 0 Å². The van der Waals surface area contributed by atoms with Crippen molar-refractivity contribution in [1.82, 2.24) is 0 Å². The molecule has 5 heteroatoms. The highest BCUT2D eigenvalue weighted by molar-refractivity contribution is 7.86. The first-order valence-corrected chi connectivity index (χ1v) is 7.95. The van der Waals surface area contributed by atoms with E-state index < -0.39 is 10.1 Å². The third-order valence-corrected chi connectivity index (χ3v) is 4.86. The molecule has 0 bridgehead atoms. The van der Waals surface area contributed by atoms with Crippen LogP contribution in [0.5, 0.6) is 0 Å². The fraction of sp³-hybridized carbons (Fsp3) is 0.571. The van der Waals surface area contributed by atoms with Gasteiger partial charge in [-0.2, -0.15) is 8.42 Å². The Bertz CT molecular complexity index is 507. The molecule has 2 rings (SSSR count). The van der Waals surface area contributed by atoms with E-state index in [1.54, 1.807) is 31.4 Å². The van der Waals surface area contributed by atoms with Gasteiger partial charge in [0, 0.05) is 13.5 Å². The third-order valence-electron chi connectivity index (χ3n) is 3.48. The average Bonchev–Trinajstić information content (AvgIpc) is 2.39. The maximum Gasteiger partial charge on any atom is 0.297 e. The first-order valence-electron chi connectivity index (χ1n) is 6.54. The predicted molar refractivity (Wildman–Crippen MR) is 72.5 cm³/mol. The molecule has 0 amide bonds. The first-order chi connectivity index (χ1) is 9.01. The van der Waals surface area contributed by atoms with E-state index in [0.29, 0.717) is 6.42 Å². The number of methoxy groups -OCH3 is 1. The molecule has 4 nitrogen and oxygen atoms in total. The van der Waals surface area contributed by atoms with Crippen LogP contribution >= 0.6 is 0 Å². The van der Waals surface area contributed by atoms with Crippen molar-refractivity contribution in [2.45, 2.75) is 49.7 Å². The molecule has 1 saturated carbocycles. The zero-order chi connectivity index (χ0) is 13.9. The van der Waals surface area contributed by atoms with Crippen molar-refractivity contribution in [3.05, 3.63) is 29.8 Å². The van der Waals surface area contributed by atoms with Gasteiger partial charge in [-0.25, -0.2) is 0 Å². The molecule has 2 atom stereocenters. The van der Waals surface area contributed by atoms with Crippen molar-refractivity contribution in [1.29, 1.82) is 0 Å². The summed E-state index contributed by atoms with van der Waals surface area (Å²) in [6.07, 6.45) is 3.15. The molecule has 0 radical (unpaired) electrons. The van der Waals surface area contributed by atoms with E-state index in [4.69, 9.17) is 8.92 Å². The van der Waals surface area contributed by atoms with Crippen LogP contribution in [0, 0.1) is 6.92 Å². The Morgan fingerprint density at radius 3 is 2.37 bits per heavy atom. The molecular formula is C14H20O4S. The number of benzene rings is 1. The summed E-state index contributed by atoms with van der Waals surface area (Å²) in [4.78, 5) is 0.220. The second kappa shape index (κ2) is 6.03. The van der Waals surface area contributed by atoms with Gasteiger partial charge in [-0.05, 0) is 38.3 Å². The highest BCUT2D eigenvalue weighted by Gasteiger charge is 2.27. The van der Waals surface area contributed by atoms with E-state index in [1.165, 1.54) is 0 Å². The van der Waals surface area contributed by atoms with Gasteiger partial charge in [0.25, 0.3) is 10.1 Å². The highest BCUT2D eigenvalue weighted by atomic mass is 32.2. The molecule has 0 aliphatic heterocycles. The van der Waals surface area contributed by atoms with Gasteiger partial charge in [0.15, 0.2) is 0 Å². The topological polar surface area (TPSA) is 52.6 Å². The lowest BCUT2D eigenvalue weighted by molar-refractivity contribution is 0.0232. The van der Waals surface area contributed by atoms with Crippen LogP contribution < -0.4 is 0 Å². The van der Waals surface area contributed by atoms with Crippen molar-refractivity contribution in [2.24, 2.45) is 0 Å². The molecule has 0 saturated heterocycles. The Kier molecular flexibility index (Phi) is 4.60. The Balaban J connectivity index is 2.06. The lowest BCUT2D eigenvalue weighted by Gasteiger charge is -2.27. The molecule has 1 aromatic rings. The summed E-state index contributed by atoms with van der Waals surface area (Å²) in [5, 5.41) is 0. The Morgan fingerprint density at radius 2 is 1.74 bits per heavy atom. The monoisotopic (exact) mass is 284 g/mol. The lowest BCUT2D eigenvalue weighted by atomic mass is 9.95. The van der Waals surface area contributed by atoms with Gasteiger partial charge in [0.2, 0.25) is 0 Å². The second-order valence-corrected chi connectivity index (χ2v) is 6.58. The van der Waals surface area contributed by atoms with Crippen LogP contribution in [-0.4, -0.2) is 27.7 Å². The van der Waals surface area contributed by atoms with Crippen LogP contribution in [0.25, 0.3) is 0 Å². The summed E-state index contributed by atoms with van der Waals surface area (Å²) in [6, 6.07) is 6.72. The summed E-state index contributed by atoms with van der Waals surface area (Å²) >= 11 is 0. The first kappa shape index (κ1) is 14.5. The Hall–Kier alpha value is -0.910. The predicted octanol–water partition coefficient (Wildman–Crippen LogP) is 2.66. The van der Waals surface area contributed by atoms with Gasteiger partial charge < -0.3 is 4.74 Å². The van der Waals surface area contributed by atoms with Gasteiger partial charge in [-0.3, -0.25) is 4.18 Å². The molecule has 0 spiro atoms. The maximum absolute atomic E-state index is 12.1. The zero-order valence-electron chi connectivity index (χ0n) is 11.3. The van der Waals surface area contributed by atoms with Crippen molar-refractivity contribution in [2.75, 3.05) is 7.11 Å². The fourth-order valence-electron chi connectivity index (χ4n) is 2.34. The molecule has 2 unspecified atom stereocenters. The molecule has 106 valence electrons. The molecule has 19 heavy (non-hydrogen) atoms. The molecule has 0 heterocycles. The average molecular weight is 284 g/mol. The lowest BCUT2D eigenvalue weighted by Crippen LogP contribution is -2.29. The number of hydrogen-bond acceptors (Lipinski definition) is 4. The normalized spacial score (nSPS) is 24.3. The van der Waals surface area contributed by atoms with Gasteiger partial charge in [-0.1, -0.05) is 17.7 Å². The van der Waals surface area contributed by atoms with E-state index in [9.17, 15) is 8.42 Å². The Labute approximate surface area is 114 Å². The smallest absolute Gasteiger partial charge is 0.297 e. The van der Waals surface area contributed by atoms with E-state index in [0.717, 1.165) is 24.8 Å². The van der Waals surface area contributed by atoms with Crippen molar-refractivity contribution in [3.63, 3.8) is 0 Å². The minimum absolute atomic E-state index is 0.104. The quantitative estimate of drug-likeness (QED) is 0.798. The SMILES string of the molecule is COC1CCCC(OS(=O)(=O)c2ccc(C)cc2)C1. The van der Waals surface area contributed by atoms with Gasteiger partial charge in [0.1, 0.15) is 0 Å². The van der Waals surface area contributed by atoms with E-state index in [1.807, 2.05) is 6.92 Å². The number of hydrogen-bond donors (Lipinski definition) is 0. The molecule has 1 aromatic carbocycles. The largest absolute Gasteiger partial charge is 0.381 e. The van der Waals surface area contributed by atoms with Crippen LogP contribution in [0.15, 0.2) is 29.2 Å². The van der Waals surface area contributed by atoms with Gasteiger partial charge >= 0.3 is 0 Å². The van der Waals surface area contributed by atoms with Crippen LogP contribution in [0.4, 0.5) is 0 Å². The number of aryl methyl sites for hydroxylation is 1. The summed E-state index contributed by atoms with van der Waals surface area (Å²) in [6.45, 7) is 1.92. The Morgan fingerprint density at radius 1 is 1.11 bits per heavy atom. The zero-order valence-corrected chi connectivity index (χ0v) is 12.2. The number of rotatable bonds is 4. The van der Waals surface area contributed by atoms with Crippen LogP contribution in [-0.2, 0) is 19.0 Å².